The molecular weight excluding hydrogens is 264 g/mol. The topological polar surface area (TPSA) is 74.2 Å². The normalized spacial score (nSPS) is 13.4. The second kappa shape index (κ2) is 11.0. The van der Waals surface area contributed by atoms with Crippen molar-refractivity contribution < 1.29 is 29.5 Å². The van der Waals surface area contributed by atoms with E-state index in [0.29, 0.717) is 19.6 Å². The van der Waals surface area contributed by atoms with Gasteiger partial charge in [-0.2, -0.15) is 9.78 Å². The first-order valence-corrected chi connectivity index (χ1v) is 7.35. The number of rotatable bonds is 13. The second-order valence-corrected chi connectivity index (χ2v) is 4.83. The summed E-state index contributed by atoms with van der Waals surface area (Å²) < 4.78 is 0. The van der Waals surface area contributed by atoms with Crippen molar-refractivity contribution >= 4 is 5.97 Å². The second-order valence-electron chi connectivity index (χ2n) is 4.83. The van der Waals surface area contributed by atoms with Gasteiger partial charge in [0.2, 0.25) is 5.79 Å². The van der Waals surface area contributed by atoms with Crippen LogP contribution in [0.3, 0.4) is 0 Å². The number of aliphatic carboxylic acids is 1. The van der Waals surface area contributed by atoms with Gasteiger partial charge in [-0.15, -0.1) is 0 Å². The molecule has 0 amide bonds. The lowest BCUT2D eigenvalue weighted by Gasteiger charge is -2.31. The van der Waals surface area contributed by atoms with Crippen LogP contribution in [0.25, 0.3) is 0 Å². The van der Waals surface area contributed by atoms with Crippen molar-refractivity contribution in [3.63, 3.8) is 0 Å². The van der Waals surface area contributed by atoms with Crippen LogP contribution >= 0.6 is 0 Å². The fourth-order valence-corrected chi connectivity index (χ4v) is 1.62. The fraction of sp³-hybridized carbons (Fsp3) is 0.929. The van der Waals surface area contributed by atoms with E-state index in [1.165, 1.54) is 6.92 Å². The Morgan fingerprint density at radius 2 is 1.50 bits per heavy atom. The van der Waals surface area contributed by atoms with Gasteiger partial charge in [-0.05, 0) is 26.2 Å². The van der Waals surface area contributed by atoms with Crippen molar-refractivity contribution in [3.8, 4) is 0 Å². The molecule has 0 aliphatic carbocycles. The van der Waals surface area contributed by atoms with Crippen LogP contribution in [0, 0.1) is 5.92 Å². The van der Waals surface area contributed by atoms with E-state index in [4.69, 9.17) is 19.6 Å². The van der Waals surface area contributed by atoms with Crippen LogP contribution < -0.4 is 0 Å². The van der Waals surface area contributed by atoms with Gasteiger partial charge in [0.25, 0.3) is 0 Å². The molecule has 0 aliphatic heterocycles. The highest BCUT2D eigenvalue weighted by Crippen LogP contribution is 2.27. The third-order valence-corrected chi connectivity index (χ3v) is 2.95. The molecule has 0 radical (unpaired) electrons. The lowest BCUT2D eigenvalue weighted by atomic mass is 9.98. The summed E-state index contributed by atoms with van der Waals surface area (Å²) in [6, 6.07) is 0. The molecule has 6 nitrogen and oxygen atoms in total. The Bertz CT molecular complexity index is 244. The monoisotopic (exact) mass is 292 g/mol. The van der Waals surface area contributed by atoms with E-state index in [0.717, 1.165) is 25.7 Å². The summed E-state index contributed by atoms with van der Waals surface area (Å²) in [6.45, 7) is 8.11. The van der Waals surface area contributed by atoms with E-state index in [-0.39, 0.29) is 0 Å². The first-order valence-electron chi connectivity index (χ1n) is 7.35. The number of carboxylic acids is 1. The van der Waals surface area contributed by atoms with Crippen LogP contribution in [0.4, 0.5) is 0 Å². The van der Waals surface area contributed by atoms with Crippen molar-refractivity contribution in [2.45, 2.75) is 65.6 Å². The molecule has 120 valence electrons. The Morgan fingerprint density at radius 3 is 1.80 bits per heavy atom. The first-order chi connectivity index (χ1) is 9.51. The fourth-order valence-electron chi connectivity index (χ4n) is 1.62. The standard InChI is InChI=1S/C14H28O6/c1-5-8-10-17-19-14(4,12(7-3)13(15)16)20-18-11-9-6-2/h12H,5-11H2,1-4H3,(H,15,16). The zero-order valence-corrected chi connectivity index (χ0v) is 13.0. The van der Waals surface area contributed by atoms with Gasteiger partial charge in [-0.3, -0.25) is 4.79 Å². The third kappa shape index (κ3) is 7.19. The highest BCUT2D eigenvalue weighted by Gasteiger charge is 2.43. The molecule has 0 spiro atoms. The molecule has 0 saturated carbocycles. The van der Waals surface area contributed by atoms with Crippen LogP contribution in [0.2, 0.25) is 0 Å². The van der Waals surface area contributed by atoms with Crippen LogP contribution in [-0.4, -0.2) is 30.1 Å². The Labute approximate surface area is 121 Å². The molecule has 6 heteroatoms. The maximum atomic E-state index is 11.3. The van der Waals surface area contributed by atoms with E-state index in [2.05, 4.69) is 0 Å². The minimum absolute atomic E-state index is 0.347. The Morgan fingerprint density at radius 1 is 1.05 bits per heavy atom. The number of hydrogen-bond acceptors (Lipinski definition) is 5. The maximum Gasteiger partial charge on any atom is 0.312 e. The lowest BCUT2D eigenvalue weighted by Crippen LogP contribution is -2.44. The highest BCUT2D eigenvalue weighted by molar-refractivity contribution is 5.71. The number of carbonyl (C=O) groups is 1. The zero-order chi connectivity index (χ0) is 15.4. The van der Waals surface area contributed by atoms with Gasteiger partial charge < -0.3 is 5.11 Å². The molecule has 1 atom stereocenters. The summed E-state index contributed by atoms with van der Waals surface area (Å²) in [5.41, 5.74) is 0. The van der Waals surface area contributed by atoms with Crippen LogP contribution in [-0.2, 0) is 24.3 Å². The van der Waals surface area contributed by atoms with Gasteiger partial charge in [0.05, 0.1) is 13.2 Å². The summed E-state index contributed by atoms with van der Waals surface area (Å²) in [5, 5.41) is 9.24. The van der Waals surface area contributed by atoms with Crippen LogP contribution in [0.15, 0.2) is 0 Å². The van der Waals surface area contributed by atoms with Gasteiger partial charge in [0.1, 0.15) is 5.92 Å². The third-order valence-electron chi connectivity index (χ3n) is 2.95. The summed E-state index contributed by atoms with van der Waals surface area (Å²) in [6.07, 6.45) is 3.93. The van der Waals surface area contributed by atoms with Gasteiger partial charge in [-0.1, -0.05) is 33.6 Å². The van der Waals surface area contributed by atoms with Gasteiger partial charge in [0.15, 0.2) is 0 Å². The Kier molecular flexibility index (Phi) is 10.6. The number of hydrogen-bond donors (Lipinski definition) is 1. The number of carboxylic acid groups (broad SMARTS) is 1. The van der Waals surface area contributed by atoms with E-state index >= 15 is 0 Å². The molecule has 0 fully saturated rings. The molecule has 0 heterocycles. The van der Waals surface area contributed by atoms with Crippen molar-refractivity contribution in [3.05, 3.63) is 0 Å². The predicted octanol–water partition coefficient (Wildman–Crippen LogP) is 3.31. The van der Waals surface area contributed by atoms with E-state index < -0.39 is 17.7 Å². The molecular formula is C14H28O6. The summed E-state index contributed by atoms with van der Waals surface area (Å²) >= 11 is 0. The molecule has 1 unspecified atom stereocenters. The Hall–Kier alpha value is -0.690. The van der Waals surface area contributed by atoms with Crippen molar-refractivity contribution in [1.82, 2.24) is 0 Å². The van der Waals surface area contributed by atoms with E-state index in [1.807, 2.05) is 13.8 Å². The number of unbranched alkanes of at least 4 members (excludes halogenated alkanes) is 2. The van der Waals surface area contributed by atoms with Crippen molar-refractivity contribution in [1.29, 1.82) is 0 Å². The minimum Gasteiger partial charge on any atom is -0.481 e. The molecule has 0 rings (SSSR count). The van der Waals surface area contributed by atoms with Crippen molar-refractivity contribution in [2.24, 2.45) is 5.92 Å². The highest BCUT2D eigenvalue weighted by atomic mass is 17.3. The quantitative estimate of drug-likeness (QED) is 0.243. The van der Waals surface area contributed by atoms with Gasteiger partial charge >= 0.3 is 5.97 Å². The largest absolute Gasteiger partial charge is 0.481 e. The average Bonchev–Trinajstić information content (AvgIpc) is 2.40. The van der Waals surface area contributed by atoms with Gasteiger partial charge in [0, 0.05) is 0 Å². The maximum absolute atomic E-state index is 11.3. The van der Waals surface area contributed by atoms with Crippen LogP contribution in [0.1, 0.15) is 59.8 Å². The summed E-state index contributed by atoms with van der Waals surface area (Å²) in [4.78, 5) is 31.8. The summed E-state index contributed by atoms with van der Waals surface area (Å²) in [5.74, 6) is -3.33. The lowest BCUT2D eigenvalue weighted by molar-refractivity contribution is -0.515. The van der Waals surface area contributed by atoms with Crippen LogP contribution in [0.5, 0.6) is 0 Å². The first kappa shape index (κ1) is 19.3. The molecule has 0 aromatic rings. The Balaban J connectivity index is 4.51. The molecule has 0 aromatic carbocycles. The van der Waals surface area contributed by atoms with E-state index in [9.17, 15) is 9.90 Å². The minimum atomic E-state index is -1.46. The molecule has 20 heavy (non-hydrogen) atoms. The molecule has 0 bridgehead atoms. The molecule has 0 aromatic heterocycles. The zero-order valence-electron chi connectivity index (χ0n) is 13.0. The molecule has 1 N–H and O–H groups in total. The summed E-state index contributed by atoms with van der Waals surface area (Å²) in [7, 11) is 0. The van der Waals surface area contributed by atoms with Crippen molar-refractivity contribution in [2.75, 3.05) is 13.2 Å². The SMILES string of the molecule is CCCCOOC(C)(OOCCCC)C(CC)C(=O)O. The van der Waals surface area contributed by atoms with E-state index in [1.54, 1.807) is 6.92 Å². The predicted molar refractivity (Wildman–Crippen MR) is 73.7 cm³/mol. The average molecular weight is 292 g/mol. The molecule has 0 aliphatic rings. The smallest absolute Gasteiger partial charge is 0.312 e. The van der Waals surface area contributed by atoms with Gasteiger partial charge in [-0.25, -0.2) is 9.78 Å². The molecule has 0 saturated heterocycles.